The molecule has 180 valence electrons. The van der Waals surface area contributed by atoms with Crippen LogP contribution in [-0.4, -0.2) is 41.1 Å². The van der Waals surface area contributed by atoms with Gasteiger partial charge in [-0.1, -0.05) is 29.3 Å². The molecule has 3 rings (SSSR count). The standard InChI is InChI=1S/C21H18Cl2F6N2O2/c1-30-18(33)31(11-19(30,4-5-32)13-2-3-16(22)17(23)9-13)10-12-6-14(20(24,25)26)8-15(7-12)21(27,28)29/h2-3,6-9,32H,4-5,10-11H2,1H3. The van der Waals surface area contributed by atoms with Crippen LogP contribution < -0.4 is 0 Å². The summed E-state index contributed by atoms with van der Waals surface area (Å²) in [5.74, 6) is 0. The molecule has 12 heteroatoms. The topological polar surface area (TPSA) is 43.8 Å². The van der Waals surface area contributed by atoms with Crippen molar-refractivity contribution in [2.75, 3.05) is 20.2 Å². The molecular formula is C21H18Cl2F6N2O2. The number of benzene rings is 2. The maximum absolute atomic E-state index is 13.2. The number of amides is 2. The van der Waals surface area contributed by atoms with E-state index in [1.807, 2.05) is 0 Å². The van der Waals surface area contributed by atoms with E-state index in [4.69, 9.17) is 23.2 Å². The number of carbonyl (C=O) groups excluding carboxylic acids is 1. The van der Waals surface area contributed by atoms with Crippen LogP contribution in [-0.2, 0) is 24.4 Å². The summed E-state index contributed by atoms with van der Waals surface area (Å²) < 4.78 is 79.2. The fraction of sp³-hybridized carbons (Fsp3) is 0.381. The van der Waals surface area contributed by atoms with Gasteiger partial charge in [0.2, 0.25) is 0 Å². The van der Waals surface area contributed by atoms with Gasteiger partial charge in [0.15, 0.2) is 0 Å². The second kappa shape index (κ2) is 8.88. The van der Waals surface area contributed by atoms with Gasteiger partial charge in [0.05, 0.1) is 33.3 Å². The lowest BCUT2D eigenvalue weighted by molar-refractivity contribution is -0.143. The molecular weight excluding hydrogens is 497 g/mol. The molecule has 0 spiro atoms. The smallest absolute Gasteiger partial charge is 0.396 e. The van der Waals surface area contributed by atoms with Gasteiger partial charge in [0.1, 0.15) is 0 Å². The molecule has 0 aliphatic carbocycles. The van der Waals surface area contributed by atoms with Crippen LogP contribution in [0.25, 0.3) is 0 Å². The fourth-order valence-electron chi connectivity index (χ4n) is 3.99. The van der Waals surface area contributed by atoms with Gasteiger partial charge in [-0.15, -0.1) is 0 Å². The van der Waals surface area contributed by atoms with Gasteiger partial charge in [0, 0.05) is 20.2 Å². The molecule has 2 aromatic rings. The van der Waals surface area contributed by atoms with E-state index in [9.17, 15) is 36.2 Å². The van der Waals surface area contributed by atoms with Crippen molar-refractivity contribution in [2.45, 2.75) is 30.9 Å². The highest BCUT2D eigenvalue weighted by atomic mass is 35.5. The Kier molecular flexibility index (Phi) is 6.85. The minimum atomic E-state index is -5.00. The molecule has 33 heavy (non-hydrogen) atoms. The first-order chi connectivity index (χ1) is 15.2. The van der Waals surface area contributed by atoms with Crippen molar-refractivity contribution in [1.29, 1.82) is 0 Å². The van der Waals surface area contributed by atoms with E-state index in [0.717, 1.165) is 4.90 Å². The molecule has 1 saturated heterocycles. The predicted octanol–water partition coefficient (Wildman–Crippen LogP) is 6.18. The Labute approximate surface area is 195 Å². The zero-order valence-corrected chi connectivity index (χ0v) is 18.6. The first-order valence-electron chi connectivity index (χ1n) is 9.56. The Morgan fingerprint density at radius 2 is 1.55 bits per heavy atom. The monoisotopic (exact) mass is 514 g/mol. The van der Waals surface area contributed by atoms with Gasteiger partial charge in [-0.25, -0.2) is 4.79 Å². The van der Waals surface area contributed by atoms with Crippen molar-refractivity contribution >= 4 is 29.2 Å². The third-order valence-electron chi connectivity index (χ3n) is 5.66. The molecule has 2 amide bonds. The summed E-state index contributed by atoms with van der Waals surface area (Å²) in [6.45, 7) is -0.934. The Balaban J connectivity index is 2.01. The number of hydrogen-bond acceptors (Lipinski definition) is 2. The van der Waals surface area contributed by atoms with Crippen LogP contribution in [0.5, 0.6) is 0 Å². The van der Waals surface area contributed by atoms with Gasteiger partial charge in [-0.05, 0) is 47.9 Å². The number of carbonyl (C=O) groups is 1. The van der Waals surface area contributed by atoms with E-state index in [1.165, 1.54) is 24.1 Å². The number of aliphatic hydroxyl groups is 1. The summed E-state index contributed by atoms with van der Waals surface area (Å²) in [7, 11) is 1.44. The fourth-order valence-corrected chi connectivity index (χ4v) is 4.28. The highest BCUT2D eigenvalue weighted by Gasteiger charge is 2.49. The summed E-state index contributed by atoms with van der Waals surface area (Å²) in [5, 5.41) is 10.1. The number of likely N-dealkylation sites (N-methyl/N-ethyl adjacent to an activating group) is 1. The molecule has 0 bridgehead atoms. The molecule has 1 N–H and O–H groups in total. The third-order valence-corrected chi connectivity index (χ3v) is 6.39. The predicted molar refractivity (Wildman–Crippen MR) is 110 cm³/mol. The summed E-state index contributed by atoms with van der Waals surface area (Å²) in [6.07, 6.45) is -9.94. The summed E-state index contributed by atoms with van der Waals surface area (Å²) in [5.41, 5.74) is -3.84. The molecule has 4 nitrogen and oxygen atoms in total. The van der Waals surface area contributed by atoms with Crippen LogP contribution in [0, 0.1) is 0 Å². The minimum absolute atomic E-state index is 0.0349. The zero-order chi connectivity index (χ0) is 24.8. The van der Waals surface area contributed by atoms with E-state index in [0.29, 0.717) is 17.7 Å². The van der Waals surface area contributed by atoms with Crippen LogP contribution in [0.4, 0.5) is 31.1 Å². The van der Waals surface area contributed by atoms with Gasteiger partial charge in [0.25, 0.3) is 0 Å². The molecule has 1 atom stereocenters. The van der Waals surface area contributed by atoms with E-state index in [-0.39, 0.29) is 41.2 Å². The SMILES string of the molecule is CN1C(=O)N(Cc2cc(C(F)(F)F)cc(C(F)(F)F)c2)CC1(CCO)c1ccc(Cl)c(Cl)c1. The Bertz CT molecular complexity index is 1030. The van der Waals surface area contributed by atoms with Gasteiger partial charge in [-0.3, -0.25) is 0 Å². The number of nitrogens with zero attached hydrogens (tertiary/aromatic N) is 2. The lowest BCUT2D eigenvalue weighted by Gasteiger charge is -2.35. The third kappa shape index (κ3) is 5.02. The Morgan fingerprint density at radius 3 is 2.03 bits per heavy atom. The molecule has 0 radical (unpaired) electrons. The van der Waals surface area contributed by atoms with Gasteiger partial charge < -0.3 is 14.9 Å². The van der Waals surface area contributed by atoms with Crippen molar-refractivity contribution in [1.82, 2.24) is 9.80 Å². The summed E-state index contributed by atoms with van der Waals surface area (Å²) in [6, 6.07) is 5.21. The molecule has 1 aliphatic heterocycles. The second-order valence-corrected chi connectivity index (χ2v) is 8.56. The maximum atomic E-state index is 13.2. The Morgan fingerprint density at radius 1 is 0.970 bits per heavy atom. The van der Waals surface area contributed by atoms with Crippen molar-refractivity contribution in [2.24, 2.45) is 0 Å². The number of rotatable bonds is 5. The highest BCUT2D eigenvalue weighted by Crippen LogP contribution is 2.41. The molecule has 0 aromatic heterocycles. The van der Waals surface area contributed by atoms with E-state index < -0.39 is 41.6 Å². The average molecular weight is 515 g/mol. The van der Waals surface area contributed by atoms with Crippen molar-refractivity contribution in [3.8, 4) is 0 Å². The quantitative estimate of drug-likeness (QED) is 0.484. The van der Waals surface area contributed by atoms with E-state index >= 15 is 0 Å². The molecule has 0 saturated carbocycles. The first-order valence-corrected chi connectivity index (χ1v) is 10.3. The summed E-state index contributed by atoms with van der Waals surface area (Å²) >= 11 is 12.1. The van der Waals surface area contributed by atoms with Gasteiger partial charge >= 0.3 is 18.4 Å². The van der Waals surface area contributed by atoms with Gasteiger partial charge in [-0.2, -0.15) is 26.3 Å². The maximum Gasteiger partial charge on any atom is 0.416 e. The molecule has 1 fully saturated rings. The lowest BCUT2D eigenvalue weighted by Crippen LogP contribution is -2.42. The van der Waals surface area contributed by atoms with E-state index in [2.05, 4.69) is 0 Å². The first kappa shape index (κ1) is 25.5. The highest BCUT2D eigenvalue weighted by molar-refractivity contribution is 6.42. The normalized spacial score (nSPS) is 19.5. The molecule has 2 aromatic carbocycles. The lowest BCUT2D eigenvalue weighted by atomic mass is 9.86. The largest absolute Gasteiger partial charge is 0.416 e. The number of halogens is 8. The molecule has 1 heterocycles. The van der Waals surface area contributed by atoms with Crippen LogP contribution in [0.1, 0.15) is 28.7 Å². The molecule has 1 aliphatic rings. The van der Waals surface area contributed by atoms with Crippen molar-refractivity contribution in [3.05, 3.63) is 68.7 Å². The van der Waals surface area contributed by atoms with Crippen LogP contribution in [0.15, 0.2) is 36.4 Å². The molecule has 1 unspecified atom stereocenters. The number of hydrogen-bond donors (Lipinski definition) is 1. The number of alkyl halides is 6. The average Bonchev–Trinajstić information content (AvgIpc) is 2.94. The second-order valence-electron chi connectivity index (χ2n) is 7.75. The van der Waals surface area contributed by atoms with Crippen molar-refractivity contribution < 1.29 is 36.2 Å². The summed E-state index contributed by atoms with van der Waals surface area (Å²) in [4.78, 5) is 15.4. The van der Waals surface area contributed by atoms with Crippen LogP contribution >= 0.6 is 23.2 Å². The zero-order valence-electron chi connectivity index (χ0n) is 17.1. The minimum Gasteiger partial charge on any atom is -0.396 e. The number of urea groups is 1. The van der Waals surface area contributed by atoms with Crippen LogP contribution in [0.3, 0.4) is 0 Å². The van der Waals surface area contributed by atoms with Crippen LogP contribution in [0.2, 0.25) is 10.0 Å². The number of aliphatic hydroxyl groups excluding tert-OH is 1. The van der Waals surface area contributed by atoms with Crippen molar-refractivity contribution in [3.63, 3.8) is 0 Å². The Hall–Kier alpha value is -2.17. The van der Waals surface area contributed by atoms with E-state index in [1.54, 1.807) is 6.07 Å².